The summed E-state index contributed by atoms with van der Waals surface area (Å²) in [4.78, 5) is 22.8. The Kier molecular flexibility index (Phi) is 8.69. The van der Waals surface area contributed by atoms with Gasteiger partial charge in [-0.15, -0.1) is 12.4 Å². The van der Waals surface area contributed by atoms with Crippen LogP contribution in [0.4, 0.5) is 10.3 Å². The predicted octanol–water partition coefficient (Wildman–Crippen LogP) is 5.24. The van der Waals surface area contributed by atoms with Gasteiger partial charge in [0, 0.05) is 37.1 Å². The molecule has 0 bridgehead atoms. The van der Waals surface area contributed by atoms with E-state index in [4.69, 9.17) is 4.98 Å². The largest absolute Gasteiger partial charge is 0.351 e. The minimum Gasteiger partial charge on any atom is -0.351 e. The summed E-state index contributed by atoms with van der Waals surface area (Å²) in [6, 6.07) is 20.5. The van der Waals surface area contributed by atoms with Gasteiger partial charge < -0.3 is 10.6 Å². The minimum absolute atomic E-state index is 0. The number of benzene rings is 2. The lowest BCUT2D eigenvalue weighted by Crippen LogP contribution is -2.42. The van der Waals surface area contributed by atoms with E-state index < -0.39 is 0 Å². The quantitative estimate of drug-likeness (QED) is 0.333. The molecule has 192 valence electrons. The van der Waals surface area contributed by atoms with E-state index >= 15 is 0 Å². The zero-order valence-corrected chi connectivity index (χ0v) is 21.5. The Labute approximate surface area is 222 Å². The van der Waals surface area contributed by atoms with Crippen molar-refractivity contribution in [2.75, 3.05) is 11.9 Å². The van der Waals surface area contributed by atoms with Crippen LogP contribution in [0.5, 0.6) is 0 Å². The highest BCUT2D eigenvalue weighted by atomic mass is 35.5. The molecule has 0 radical (unpaired) electrons. The number of aryl methyl sites for hydroxylation is 1. The molecule has 0 saturated carbocycles. The smallest absolute Gasteiger partial charge is 0.263 e. The highest BCUT2D eigenvalue weighted by Gasteiger charge is 2.27. The van der Waals surface area contributed by atoms with Crippen LogP contribution in [0.15, 0.2) is 83.9 Å². The molecule has 37 heavy (non-hydrogen) atoms. The molecule has 1 aliphatic rings. The first-order chi connectivity index (χ1) is 17.6. The number of hydrogen-bond donors (Lipinski definition) is 2. The number of nitrogens with zero attached hydrogens (tertiary/aromatic N) is 3. The lowest BCUT2D eigenvalue weighted by atomic mass is 9.98. The monoisotopic (exact) mass is 519 g/mol. The number of anilines is 1. The highest BCUT2D eigenvalue weighted by molar-refractivity contribution is 5.85. The molecule has 4 aromatic rings. The second kappa shape index (κ2) is 12.1. The first kappa shape index (κ1) is 26.5. The highest BCUT2D eigenvalue weighted by Crippen LogP contribution is 2.29. The number of pyridine rings is 1. The van der Waals surface area contributed by atoms with Gasteiger partial charge in [0.05, 0.1) is 11.3 Å². The van der Waals surface area contributed by atoms with E-state index in [2.05, 4.69) is 39.9 Å². The summed E-state index contributed by atoms with van der Waals surface area (Å²) in [5.74, 6) is 0.169. The average Bonchev–Trinajstić information content (AvgIpc) is 3.46. The molecule has 2 N–H and O–H groups in total. The van der Waals surface area contributed by atoms with Crippen molar-refractivity contribution in [2.45, 2.75) is 37.8 Å². The van der Waals surface area contributed by atoms with Crippen molar-refractivity contribution in [3.8, 4) is 22.4 Å². The maximum absolute atomic E-state index is 13.7. The van der Waals surface area contributed by atoms with Crippen LogP contribution in [0.3, 0.4) is 0 Å². The van der Waals surface area contributed by atoms with Crippen LogP contribution in [0.1, 0.15) is 24.8 Å². The summed E-state index contributed by atoms with van der Waals surface area (Å²) in [5, 5.41) is 7.23. The summed E-state index contributed by atoms with van der Waals surface area (Å²) >= 11 is 0. The Morgan fingerprint density at radius 2 is 1.78 bits per heavy atom. The Bertz CT molecular complexity index is 1360. The molecule has 1 aliphatic heterocycles. The van der Waals surface area contributed by atoms with E-state index in [9.17, 15) is 9.18 Å². The van der Waals surface area contributed by atoms with E-state index in [1.807, 2.05) is 18.2 Å². The second-order valence-electron chi connectivity index (χ2n) is 9.24. The van der Waals surface area contributed by atoms with Crippen molar-refractivity contribution in [1.82, 2.24) is 19.9 Å². The van der Waals surface area contributed by atoms with Crippen molar-refractivity contribution in [1.29, 1.82) is 0 Å². The number of rotatable bonds is 8. The molecule has 5 rings (SSSR count). The summed E-state index contributed by atoms with van der Waals surface area (Å²) in [5.41, 5.74) is 3.50. The van der Waals surface area contributed by atoms with E-state index in [0.717, 1.165) is 37.8 Å². The number of nitrogens with one attached hydrogen (secondary N) is 2. The standard InChI is InChI=1S/C29H30FN5O.ClH/c1-35-28(36)26(21-10-12-23(30)13-11-21)27(22-15-18-31-19-16-22)34-29(35)33-25(24-8-5-17-32-24)14-9-20-6-3-2-4-7-20;/h2-4,6-7,10-13,15-16,18-19,24-25,32H,5,8-9,14,17H2,1H3,(H,33,34);1H/t24?,25-;/m0./s1. The third-order valence-corrected chi connectivity index (χ3v) is 6.86. The van der Waals surface area contributed by atoms with Gasteiger partial charge in [0.2, 0.25) is 5.95 Å². The molecule has 1 fully saturated rings. The molecule has 2 atom stereocenters. The topological polar surface area (TPSA) is 71.8 Å². The molecule has 6 nitrogen and oxygen atoms in total. The first-order valence-electron chi connectivity index (χ1n) is 12.4. The van der Waals surface area contributed by atoms with Crippen LogP contribution in [-0.2, 0) is 13.5 Å². The zero-order valence-electron chi connectivity index (χ0n) is 20.7. The molecule has 1 saturated heterocycles. The van der Waals surface area contributed by atoms with Crippen LogP contribution in [0.25, 0.3) is 22.4 Å². The van der Waals surface area contributed by atoms with E-state index in [1.54, 1.807) is 36.1 Å². The van der Waals surface area contributed by atoms with Gasteiger partial charge in [-0.05, 0) is 67.6 Å². The number of aromatic nitrogens is 3. The molecule has 0 amide bonds. The zero-order chi connectivity index (χ0) is 24.9. The van der Waals surface area contributed by atoms with Gasteiger partial charge in [0.1, 0.15) is 5.82 Å². The Hall–Kier alpha value is -3.55. The van der Waals surface area contributed by atoms with E-state index in [0.29, 0.717) is 28.8 Å². The first-order valence-corrected chi connectivity index (χ1v) is 12.4. The fourth-order valence-electron chi connectivity index (χ4n) is 4.89. The van der Waals surface area contributed by atoms with Gasteiger partial charge in [0.15, 0.2) is 0 Å². The molecule has 2 aromatic carbocycles. The molecule has 0 spiro atoms. The van der Waals surface area contributed by atoms with Crippen LogP contribution in [0.2, 0.25) is 0 Å². The lowest BCUT2D eigenvalue weighted by Gasteiger charge is -2.27. The molecule has 8 heteroatoms. The van der Waals surface area contributed by atoms with Crippen molar-refractivity contribution < 1.29 is 4.39 Å². The van der Waals surface area contributed by atoms with Crippen molar-refractivity contribution >= 4 is 18.4 Å². The lowest BCUT2D eigenvalue weighted by molar-refractivity contribution is 0.480. The van der Waals surface area contributed by atoms with Gasteiger partial charge in [-0.3, -0.25) is 14.3 Å². The van der Waals surface area contributed by atoms with E-state index in [1.165, 1.54) is 17.7 Å². The normalized spacial score (nSPS) is 15.7. The van der Waals surface area contributed by atoms with E-state index in [-0.39, 0.29) is 29.8 Å². The van der Waals surface area contributed by atoms with Gasteiger partial charge in [-0.2, -0.15) is 0 Å². The number of halogens is 2. The fraction of sp³-hybridized carbons (Fsp3) is 0.276. The van der Waals surface area contributed by atoms with Gasteiger partial charge in [-0.1, -0.05) is 42.5 Å². The Balaban J connectivity index is 0.00000320. The maximum atomic E-state index is 13.7. The minimum atomic E-state index is -0.349. The molecule has 0 aliphatic carbocycles. The SMILES string of the molecule is Cl.Cn1c(N[C@@H](CCc2ccccc2)C2CCCN2)nc(-c2ccncc2)c(-c2ccc(F)cc2)c1=O. The third kappa shape index (κ3) is 6.06. The van der Waals surface area contributed by atoms with Crippen LogP contribution >= 0.6 is 12.4 Å². The van der Waals surface area contributed by atoms with Crippen LogP contribution in [0, 0.1) is 5.82 Å². The fourth-order valence-corrected chi connectivity index (χ4v) is 4.89. The van der Waals surface area contributed by atoms with Gasteiger partial charge in [0.25, 0.3) is 5.56 Å². The molecular formula is C29H31ClFN5O. The summed E-state index contributed by atoms with van der Waals surface area (Å²) in [7, 11) is 1.73. The Morgan fingerprint density at radius 1 is 1.05 bits per heavy atom. The average molecular weight is 520 g/mol. The molecule has 2 aromatic heterocycles. The summed E-state index contributed by atoms with van der Waals surface area (Å²) < 4.78 is 15.2. The van der Waals surface area contributed by atoms with Crippen molar-refractivity contribution in [3.05, 3.63) is 101 Å². The second-order valence-corrected chi connectivity index (χ2v) is 9.24. The Morgan fingerprint density at radius 3 is 2.46 bits per heavy atom. The predicted molar refractivity (Wildman–Crippen MR) is 149 cm³/mol. The molecular weight excluding hydrogens is 489 g/mol. The van der Waals surface area contributed by atoms with Crippen LogP contribution in [-0.4, -0.2) is 33.2 Å². The van der Waals surface area contributed by atoms with Crippen molar-refractivity contribution in [3.63, 3.8) is 0 Å². The third-order valence-electron chi connectivity index (χ3n) is 6.86. The van der Waals surface area contributed by atoms with Gasteiger partial charge >= 0.3 is 0 Å². The van der Waals surface area contributed by atoms with Crippen LogP contribution < -0.4 is 16.2 Å². The summed E-state index contributed by atoms with van der Waals surface area (Å²) in [6.07, 6.45) is 7.40. The number of hydrogen-bond acceptors (Lipinski definition) is 5. The maximum Gasteiger partial charge on any atom is 0.263 e. The molecule has 3 heterocycles. The van der Waals surface area contributed by atoms with Gasteiger partial charge in [-0.25, -0.2) is 9.37 Å². The summed E-state index contributed by atoms with van der Waals surface area (Å²) in [6.45, 7) is 0.992. The van der Waals surface area contributed by atoms with Crippen molar-refractivity contribution in [2.24, 2.45) is 7.05 Å². The molecule has 1 unspecified atom stereocenters.